The first-order valence-electron chi connectivity index (χ1n) is 13.4. The van der Waals surface area contributed by atoms with Crippen molar-refractivity contribution in [2.45, 2.75) is 95.2 Å². The van der Waals surface area contributed by atoms with E-state index in [1.165, 1.54) is 19.1 Å². The lowest BCUT2D eigenvalue weighted by Crippen LogP contribution is -2.43. The molecule has 1 aromatic carbocycles. The minimum Gasteiger partial charge on any atom is -0.384 e. The first-order chi connectivity index (χ1) is 18.1. The number of alkyl halides is 2. The molecule has 0 amide bonds. The number of aryl methyl sites for hydroxylation is 2. The molecule has 2 aromatic heterocycles. The Morgan fingerprint density at radius 3 is 2.55 bits per heavy atom. The van der Waals surface area contributed by atoms with E-state index in [0.717, 1.165) is 12.8 Å². The Bertz CT molecular complexity index is 1470. The average Bonchev–Trinajstić information content (AvgIpc) is 3.68. The lowest BCUT2D eigenvalue weighted by Gasteiger charge is -2.33. The van der Waals surface area contributed by atoms with Gasteiger partial charge in [0.15, 0.2) is 0 Å². The summed E-state index contributed by atoms with van der Waals surface area (Å²) >= 11 is 0. The molecule has 3 heterocycles. The van der Waals surface area contributed by atoms with Crippen LogP contribution < -0.4 is 10.9 Å². The second kappa shape index (κ2) is 9.73. The first kappa shape index (κ1) is 26.2. The van der Waals surface area contributed by atoms with Crippen LogP contribution in [0.5, 0.6) is 0 Å². The third-order valence-electron chi connectivity index (χ3n) is 8.01. The van der Waals surface area contributed by atoms with E-state index in [4.69, 9.17) is 0 Å². The molecule has 1 unspecified atom stereocenters. The number of nitrogens with zero attached hydrogens (tertiary/aromatic N) is 4. The Morgan fingerprint density at radius 2 is 1.82 bits per heavy atom. The van der Waals surface area contributed by atoms with Crippen LogP contribution in [-0.2, 0) is 24.4 Å². The van der Waals surface area contributed by atoms with Gasteiger partial charge in [-0.05, 0) is 57.2 Å². The number of hydrogen-bond acceptors (Lipinski definition) is 6. The van der Waals surface area contributed by atoms with Crippen molar-refractivity contribution in [3.05, 3.63) is 63.2 Å². The van der Waals surface area contributed by atoms with Crippen LogP contribution in [0.2, 0.25) is 0 Å². The van der Waals surface area contributed by atoms with Crippen molar-refractivity contribution in [2.75, 3.05) is 5.32 Å². The summed E-state index contributed by atoms with van der Waals surface area (Å²) in [6.07, 6.45) is 4.76. The highest BCUT2D eigenvalue weighted by molar-refractivity contribution is 5.87. The zero-order valence-electron chi connectivity index (χ0n) is 21.9. The lowest BCUT2D eigenvalue weighted by molar-refractivity contribution is -0.182. The maximum atomic E-state index is 15.4. The monoisotopic (exact) mass is 521 g/mol. The fourth-order valence-electron chi connectivity index (χ4n) is 5.40. The van der Waals surface area contributed by atoms with E-state index in [1.807, 2.05) is 0 Å². The van der Waals surface area contributed by atoms with Gasteiger partial charge in [0.1, 0.15) is 22.9 Å². The highest BCUT2D eigenvalue weighted by Crippen LogP contribution is 2.47. The van der Waals surface area contributed by atoms with Crippen LogP contribution in [0.1, 0.15) is 80.8 Å². The highest BCUT2D eigenvalue weighted by Gasteiger charge is 2.50. The summed E-state index contributed by atoms with van der Waals surface area (Å²) in [4.78, 5) is 22.8. The van der Waals surface area contributed by atoms with Gasteiger partial charge in [-0.25, -0.2) is 9.97 Å². The van der Waals surface area contributed by atoms with Crippen LogP contribution in [0.3, 0.4) is 0 Å². The number of anilines is 1. The summed E-state index contributed by atoms with van der Waals surface area (Å²) in [5.41, 5.74) is -1.76. The van der Waals surface area contributed by atoms with E-state index >= 15 is 8.78 Å². The summed E-state index contributed by atoms with van der Waals surface area (Å²) in [7, 11) is 0. The Labute approximate surface area is 220 Å². The first-order valence-corrected chi connectivity index (χ1v) is 13.4. The fraction of sp³-hybridized carbons (Fsp3) is 0.517. The number of halogens is 2. The number of fused-ring (bicyclic) bond motifs is 2. The lowest BCUT2D eigenvalue weighted by atomic mass is 9.86. The average molecular weight is 522 g/mol. The van der Waals surface area contributed by atoms with Gasteiger partial charge >= 0.3 is 5.92 Å². The highest BCUT2D eigenvalue weighted by atomic mass is 19.3. The summed E-state index contributed by atoms with van der Waals surface area (Å²) in [5.74, 6) is -2.44. The normalized spacial score (nSPS) is 23.2. The molecule has 0 spiro atoms. The van der Waals surface area contributed by atoms with Gasteiger partial charge in [0.05, 0.1) is 16.9 Å². The predicted octanol–water partition coefficient (Wildman–Crippen LogP) is 5.46. The van der Waals surface area contributed by atoms with Crippen molar-refractivity contribution >= 4 is 16.9 Å². The maximum absolute atomic E-state index is 15.4. The minimum absolute atomic E-state index is 0.0153. The van der Waals surface area contributed by atoms with Crippen LogP contribution >= 0.6 is 0 Å². The molecule has 200 valence electrons. The van der Waals surface area contributed by atoms with Crippen molar-refractivity contribution in [2.24, 2.45) is 0 Å². The Morgan fingerprint density at radius 1 is 1.08 bits per heavy atom. The number of aliphatic hydroxyl groups is 1. The SMILES string of the molecule is Cc1nc2c3cc(C4(C#N)CC4)c(=O)n(c3n1)CCCCCCCC(C)(O)C(F)(F)c1cccc(c1)CN2. The molecule has 38 heavy (non-hydrogen) atoms. The summed E-state index contributed by atoms with van der Waals surface area (Å²) in [5, 5.41) is 24.5. The van der Waals surface area contributed by atoms with Crippen molar-refractivity contribution in [3.63, 3.8) is 0 Å². The fourth-order valence-corrected chi connectivity index (χ4v) is 5.40. The number of pyridine rings is 1. The topological polar surface area (TPSA) is 104 Å². The largest absolute Gasteiger partial charge is 0.384 e. The summed E-state index contributed by atoms with van der Waals surface area (Å²) in [6.45, 7) is 3.61. The zero-order chi connectivity index (χ0) is 27.1. The van der Waals surface area contributed by atoms with Gasteiger partial charge in [-0.1, -0.05) is 43.9 Å². The number of nitriles is 1. The Kier molecular flexibility index (Phi) is 6.72. The quantitative estimate of drug-likeness (QED) is 0.441. The number of aromatic nitrogens is 3. The maximum Gasteiger partial charge on any atom is 0.300 e. The molecule has 2 N–H and O–H groups in total. The van der Waals surface area contributed by atoms with Crippen molar-refractivity contribution in [1.82, 2.24) is 14.5 Å². The predicted molar refractivity (Wildman–Crippen MR) is 141 cm³/mol. The third kappa shape index (κ3) is 4.66. The number of rotatable bonds is 1. The minimum atomic E-state index is -3.41. The molecular weight excluding hydrogens is 488 g/mol. The van der Waals surface area contributed by atoms with Crippen molar-refractivity contribution < 1.29 is 13.9 Å². The third-order valence-corrected chi connectivity index (χ3v) is 8.01. The smallest absolute Gasteiger partial charge is 0.300 e. The molecule has 1 aliphatic carbocycles. The number of benzene rings is 1. The summed E-state index contributed by atoms with van der Waals surface area (Å²) < 4.78 is 32.5. The molecule has 1 aliphatic heterocycles. The van der Waals surface area contributed by atoms with E-state index in [1.54, 1.807) is 29.7 Å². The molecule has 7 nitrogen and oxygen atoms in total. The molecule has 1 fully saturated rings. The van der Waals surface area contributed by atoms with Crippen molar-refractivity contribution in [3.8, 4) is 6.07 Å². The molecule has 6 bridgehead atoms. The van der Waals surface area contributed by atoms with E-state index < -0.39 is 16.9 Å². The molecule has 3 aromatic rings. The van der Waals surface area contributed by atoms with Crippen LogP contribution in [0.15, 0.2) is 35.1 Å². The molecule has 5 rings (SSSR count). The Hall–Kier alpha value is -3.38. The number of nitrogens with one attached hydrogen (secondary N) is 1. The molecule has 2 aliphatic rings. The van der Waals surface area contributed by atoms with Crippen LogP contribution in [0.25, 0.3) is 11.0 Å². The standard InChI is InChI=1S/C29H33F2N5O2/c1-19-34-24-22-16-23(28(18-32)12-13-28)26(37)36(25(22)35-19)14-7-5-3-4-6-11-27(2,38)29(30,31)21-10-8-9-20(15-21)17-33-24/h8-10,15-16,38H,3-7,11-14,17H2,1-2H3,(H,33,34,35). The molecule has 0 radical (unpaired) electrons. The number of hydrogen-bond donors (Lipinski definition) is 2. The molecule has 1 saturated carbocycles. The van der Waals surface area contributed by atoms with Crippen LogP contribution in [-0.4, -0.2) is 25.2 Å². The van der Waals surface area contributed by atoms with Crippen LogP contribution in [0, 0.1) is 18.3 Å². The molecule has 0 saturated heterocycles. The zero-order valence-corrected chi connectivity index (χ0v) is 21.9. The van der Waals surface area contributed by atoms with Gasteiger partial charge < -0.3 is 10.4 Å². The van der Waals surface area contributed by atoms with E-state index in [9.17, 15) is 15.2 Å². The molecular formula is C29H33F2N5O2. The van der Waals surface area contributed by atoms with Gasteiger partial charge in [-0.2, -0.15) is 14.0 Å². The summed E-state index contributed by atoms with van der Waals surface area (Å²) in [6, 6.07) is 10.2. The molecule has 1 atom stereocenters. The molecule has 9 heteroatoms. The van der Waals surface area contributed by atoms with Gasteiger partial charge in [0.2, 0.25) is 0 Å². The van der Waals surface area contributed by atoms with E-state index in [0.29, 0.717) is 72.5 Å². The van der Waals surface area contributed by atoms with Gasteiger partial charge in [0.25, 0.3) is 5.56 Å². The van der Waals surface area contributed by atoms with Gasteiger partial charge in [0, 0.05) is 24.2 Å². The second-order valence-electron chi connectivity index (χ2n) is 11.0. The van der Waals surface area contributed by atoms with E-state index in [2.05, 4.69) is 21.4 Å². The van der Waals surface area contributed by atoms with Crippen LogP contribution in [0.4, 0.5) is 14.6 Å². The van der Waals surface area contributed by atoms with E-state index in [-0.39, 0.29) is 24.1 Å². The second-order valence-corrected chi connectivity index (χ2v) is 11.0. The van der Waals surface area contributed by atoms with Gasteiger partial charge in [-0.15, -0.1) is 0 Å². The van der Waals surface area contributed by atoms with Crippen molar-refractivity contribution in [1.29, 1.82) is 5.26 Å². The Balaban J connectivity index is 1.62. The van der Waals surface area contributed by atoms with Gasteiger partial charge in [-0.3, -0.25) is 9.36 Å².